The fraction of sp³-hybridized carbons (Fsp3) is 0.273. The molecule has 6 nitrogen and oxygen atoms in total. The highest BCUT2D eigenvalue weighted by Gasteiger charge is 2.26. The molecular weight excluding hydrogens is 226 g/mol. The molecule has 0 aromatic heterocycles. The first-order valence-corrected chi connectivity index (χ1v) is 4.93. The number of Topliss-reactive ketones (excluding diaryl/α,β-unsaturated/α-hetero) is 1. The number of ether oxygens (including phenoxy) is 2. The van der Waals surface area contributed by atoms with Crippen molar-refractivity contribution < 1.29 is 24.2 Å². The van der Waals surface area contributed by atoms with Crippen LogP contribution in [0.3, 0.4) is 0 Å². The van der Waals surface area contributed by atoms with Crippen LogP contribution >= 0.6 is 0 Å². The summed E-state index contributed by atoms with van der Waals surface area (Å²) in [5, 5.41) is 8.70. The van der Waals surface area contributed by atoms with Gasteiger partial charge in [0.25, 0.3) is 0 Å². The number of rotatable bonds is 3. The van der Waals surface area contributed by atoms with E-state index in [1.807, 2.05) is 0 Å². The third-order valence-corrected chi connectivity index (χ3v) is 2.53. The lowest BCUT2D eigenvalue weighted by Gasteiger charge is -2.09. The van der Waals surface area contributed by atoms with Crippen LogP contribution in [-0.2, 0) is 4.79 Å². The van der Waals surface area contributed by atoms with Crippen LogP contribution in [0.5, 0.6) is 11.5 Å². The maximum atomic E-state index is 11.8. The largest absolute Gasteiger partial charge is 0.480 e. The number of hydrogen-bond donors (Lipinski definition) is 2. The SMILES string of the molecule is Cc1cc2c(cc1C(=O)C(N)C(=O)O)OCO2. The van der Waals surface area contributed by atoms with Crippen molar-refractivity contribution in [2.45, 2.75) is 13.0 Å². The second-order valence-electron chi connectivity index (χ2n) is 3.70. The molecule has 0 fully saturated rings. The average Bonchev–Trinajstić information content (AvgIpc) is 2.72. The Morgan fingerprint density at radius 3 is 2.53 bits per heavy atom. The minimum Gasteiger partial charge on any atom is -0.480 e. The van der Waals surface area contributed by atoms with Gasteiger partial charge >= 0.3 is 5.97 Å². The van der Waals surface area contributed by atoms with Gasteiger partial charge in [-0.25, -0.2) is 0 Å². The van der Waals surface area contributed by atoms with E-state index in [1.165, 1.54) is 6.07 Å². The predicted molar refractivity (Wildman–Crippen MR) is 57.2 cm³/mol. The highest BCUT2D eigenvalue weighted by Crippen LogP contribution is 2.34. The quantitative estimate of drug-likeness (QED) is 0.580. The molecular formula is C11H11NO5. The lowest BCUT2D eigenvalue weighted by Crippen LogP contribution is -2.38. The minimum absolute atomic E-state index is 0.0946. The van der Waals surface area contributed by atoms with Gasteiger partial charge in [0.1, 0.15) is 0 Å². The first-order chi connectivity index (χ1) is 8.00. The van der Waals surface area contributed by atoms with Crippen molar-refractivity contribution in [3.8, 4) is 11.5 Å². The molecule has 0 saturated carbocycles. The first-order valence-electron chi connectivity index (χ1n) is 4.93. The maximum absolute atomic E-state index is 11.8. The highest BCUT2D eigenvalue weighted by molar-refractivity contribution is 6.12. The first kappa shape index (κ1) is 11.4. The number of carbonyl (C=O) groups is 2. The zero-order valence-electron chi connectivity index (χ0n) is 9.10. The van der Waals surface area contributed by atoms with Gasteiger partial charge in [-0.1, -0.05) is 0 Å². The van der Waals surface area contributed by atoms with E-state index in [2.05, 4.69) is 0 Å². The highest BCUT2D eigenvalue weighted by atomic mass is 16.7. The van der Waals surface area contributed by atoms with Crippen molar-refractivity contribution >= 4 is 11.8 Å². The minimum atomic E-state index is -1.56. The molecule has 0 saturated heterocycles. The average molecular weight is 237 g/mol. The molecule has 1 unspecified atom stereocenters. The van der Waals surface area contributed by atoms with E-state index < -0.39 is 17.8 Å². The molecule has 1 atom stereocenters. The van der Waals surface area contributed by atoms with E-state index in [1.54, 1.807) is 13.0 Å². The van der Waals surface area contributed by atoms with Crippen LogP contribution < -0.4 is 15.2 Å². The summed E-state index contributed by atoms with van der Waals surface area (Å²) in [7, 11) is 0. The number of nitrogens with two attached hydrogens (primary N) is 1. The lowest BCUT2D eigenvalue weighted by atomic mass is 9.99. The molecule has 0 aliphatic carbocycles. The Morgan fingerprint density at radius 2 is 1.94 bits per heavy atom. The van der Waals surface area contributed by atoms with Crippen LogP contribution in [0.4, 0.5) is 0 Å². The van der Waals surface area contributed by atoms with Crippen molar-refractivity contribution in [2.24, 2.45) is 5.73 Å². The van der Waals surface area contributed by atoms with Gasteiger partial charge in [0.15, 0.2) is 23.3 Å². The number of hydrogen-bond acceptors (Lipinski definition) is 5. The summed E-state index contributed by atoms with van der Waals surface area (Å²) in [4.78, 5) is 22.5. The van der Waals surface area contributed by atoms with Crippen molar-refractivity contribution in [1.29, 1.82) is 0 Å². The third-order valence-electron chi connectivity index (χ3n) is 2.53. The molecule has 0 radical (unpaired) electrons. The Labute approximate surface area is 96.9 Å². The number of aryl methyl sites for hydroxylation is 1. The van der Waals surface area contributed by atoms with Gasteiger partial charge in [0.2, 0.25) is 6.79 Å². The molecule has 1 heterocycles. The predicted octanol–water partition coefficient (Wildman–Crippen LogP) is 0.318. The Hall–Kier alpha value is -2.08. The smallest absolute Gasteiger partial charge is 0.328 e. The number of carboxylic acids is 1. The Balaban J connectivity index is 2.39. The normalized spacial score (nSPS) is 14.5. The molecule has 2 rings (SSSR count). The number of fused-ring (bicyclic) bond motifs is 1. The van der Waals surface area contributed by atoms with Crippen LogP contribution in [0.2, 0.25) is 0 Å². The van der Waals surface area contributed by atoms with E-state index in [-0.39, 0.29) is 12.4 Å². The molecule has 17 heavy (non-hydrogen) atoms. The second kappa shape index (κ2) is 4.06. The van der Waals surface area contributed by atoms with Gasteiger partial charge in [-0.15, -0.1) is 0 Å². The van der Waals surface area contributed by atoms with Crippen molar-refractivity contribution in [1.82, 2.24) is 0 Å². The molecule has 6 heteroatoms. The summed E-state index contributed by atoms with van der Waals surface area (Å²) < 4.78 is 10.3. The third kappa shape index (κ3) is 1.94. The van der Waals surface area contributed by atoms with E-state index in [0.29, 0.717) is 17.1 Å². The van der Waals surface area contributed by atoms with Gasteiger partial charge in [-0.2, -0.15) is 0 Å². The summed E-state index contributed by atoms with van der Waals surface area (Å²) in [6.07, 6.45) is 0. The number of aliphatic carboxylic acids is 1. The number of carbonyl (C=O) groups excluding carboxylic acids is 1. The van der Waals surface area contributed by atoms with Gasteiger partial charge in [0, 0.05) is 5.56 Å². The summed E-state index contributed by atoms with van der Waals surface area (Å²) >= 11 is 0. The maximum Gasteiger partial charge on any atom is 0.328 e. The molecule has 3 N–H and O–H groups in total. The van der Waals surface area contributed by atoms with Gasteiger partial charge in [-0.05, 0) is 24.6 Å². The lowest BCUT2D eigenvalue weighted by molar-refractivity contribution is -0.137. The van der Waals surface area contributed by atoms with E-state index in [9.17, 15) is 9.59 Å². The summed E-state index contributed by atoms with van der Waals surface area (Å²) in [6, 6.07) is 1.53. The van der Waals surface area contributed by atoms with Crippen molar-refractivity contribution in [3.63, 3.8) is 0 Å². The zero-order chi connectivity index (χ0) is 12.6. The van der Waals surface area contributed by atoms with Crippen LogP contribution in [0.1, 0.15) is 15.9 Å². The van der Waals surface area contributed by atoms with Crippen LogP contribution in [0, 0.1) is 6.92 Å². The Kier molecular flexibility index (Phi) is 2.72. The molecule has 0 amide bonds. The van der Waals surface area contributed by atoms with Crippen molar-refractivity contribution in [2.75, 3.05) is 6.79 Å². The molecule has 90 valence electrons. The number of ketones is 1. The molecule has 0 bridgehead atoms. The second-order valence-corrected chi connectivity index (χ2v) is 3.70. The fourth-order valence-corrected chi connectivity index (χ4v) is 1.59. The van der Waals surface area contributed by atoms with Crippen LogP contribution in [0.15, 0.2) is 12.1 Å². The Morgan fingerprint density at radius 1 is 1.35 bits per heavy atom. The summed E-state index contributed by atoms with van der Waals surface area (Å²) in [5.74, 6) is -1.03. The van der Waals surface area contributed by atoms with E-state index in [0.717, 1.165) is 0 Å². The standard InChI is InChI=1S/C11H11NO5/c1-5-2-7-8(17-4-16-7)3-6(5)10(13)9(12)11(14)15/h2-3,9H,4,12H2,1H3,(H,14,15). The molecule has 1 aliphatic rings. The van der Waals surface area contributed by atoms with Crippen LogP contribution in [-0.4, -0.2) is 29.7 Å². The zero-order valence-corrected chi connectivity index (χ0v) is 9.10. The monoisotopic (exact) mass is 237 g/mol. The number of carboxylic acid groups (broad SMARTS) is 1. The molecule has 1 aliphatic heterocycles. The number of benzene rings is 1. The van der Waals surface area contributed by atoms with Gasteiger partial charge in [-0.3, -0.25) is 9.59 Å². The van der Waals surface area contributed by atoms with Gasteiger partial charge in [0.05, 0.1) is 0 Å². The van der Waals surface area contributed by atoms with Crippen molar-refractivity contribution in [3.05, 3.63) is 23.3 Å². The molecule has 0 spiro atoms. The van der Waals surface area contributed by atoms with E-state index >= 15 is 0 Å². The summed E-state index contributed by atoms with van der Waals surface area (Å²) in [5.41, 5.74) is 6.13. The molecule has 1 aromatic rings. The molecule has 1 aromatic carbocycles. The van der Waals surface area contributed by atoms with Gasteiger partial charge < -0.3 is 20.3 Å². The Bertz CT molecular complexity index is 497. The van der Waals surface area contributed by atoms with Crippen LogP contribution in [0.25, 0.3) is 0 Å². The topological polar surface area (TPSA) is 98.9 Å². The van der Waals surface area contributed by atoms with E-state index in [4.69, 9.17) is 20.3 Å². The fourth-order valence-electron chi connectivity index (χ4n) is 1.59. The summed E-state index contributed by atoms with van der Waals surface area (Å²) in [6.45, 7) is 1.78.